The highest BCUT2D eigenvalue weighted by Crippen LogP contribution is 2.26. The van der Waals surface area contributed by atoms with Gasteiger partial charge < -0.3 is 10.2 Å². The Morgan fingerprint density at radius 2 is 1.81 bits per heavy atom. The zero-order valence-corrected chi connectivity index (χ0v) is 16.2. The van der Waals surface area contributed by atoms with Gasteiger partial charge in [-0.3, -0.25) is 4.79 Å². The van der Waals surface area contributed by atoms with E-state index in [4.69, 9.17) is 0 Å². The van der Waals surface area contributed by atoms with Crippen molar-refractivity contribution in [3.8, 4) is 5.69 Å². The van der Waals surface area contributed by atoms with Crippen molar-refractivity contribution in [3.63, 3.8) is 0 Å². The summed E-state index contributed by atoms with van der Waals surface area (Å²) in [6.45, 7) is 5.50. The minimum Gasteiger partial charge on any atom is -0.349 e. The Kier molecular flexibility index (Phi) is 5.58. The second-order valence-electron chi connectivity index (χ2n) is 8.21. The number of nitrogens with one attached hydrogen (secondary N) is 1. The van der Waals surface area contributed by atoms with Crippen LogP contribution in [-0.4, -0.2) is 46.3 Å². The SMILES string of the molecule is Cc1cnn(-c2ccc(C(=O)NC3CCN(CC4CCCC4)CC3)cc2)c1. The Bertz CT molecular complexity index is 753. The maximum atomic E-state index is 12.6. The van der Waals surface area contributed by atoms with Gasteiger partial charge in [-0.1, -0.05) is 12.8 Å². The lowest BCUT2D eigenvalue weighted by atomic mass is 10.0. The van der Waals surface area contributed by atoms with E-state index in [2.05, 4.69) is 15.3 Å². The maximum absolute atomic E-state index is 12.6. The summed E-state index contributed by atoms with van der Waals surface area (Å²) in [6.07, 6.45) is 11.6. The standard InChI is InChI=1S/C22H30N4O/c1-17-14-23-26(15-17)21-8-6-19(7-9-21)22(27)24-20-10-12-25(13-11-20)16-18-4-2-3-5-18/h6-9,14-15,18,20H,2-5,10-13,16H2,1H3,(H,24,27). The lowest BCUT2D eigenvalue weighted by molar-refractivity contribution is 0.0905. The van der Waals surface area contributed by atoms with Crippen molar-refractivity contribution in [2.75, 3.05) is 19.6 Å². The number of amides is 1. The fourth-order valence-electron chi connectivity index (χ4n) is 4.41. The zero-order chi connectivity index (χ0) is 18.6. The van der Waals surface area contributed by atoms with Crippen molar-refractivity contribution in [2.45, 2.75) is 51.5 Å². The van der Waals surface area contributed by atoms with Crippen molar-refractivity contribution in [1.82, 2.24) is 20.0 Å². The Hall–Kier alpha value is -2.14. The van der Waals surface area contributed by atoms with Crippen LogP contribution in [0.3, 0.4) is 0 Å². The van der Waals surface area contributed by atoms with Crippen LogP contribution in [0.2, 0.25) is 0 Å². The summed E-state index contributed by atoms with van der Waals surface area (Å²) in [5, 5.41) is 7.53. The molecule has 1 aromatic heterocycles. The smallest absolute Gasteiger partial charge is 0.251 e. The quantitative estimate of drug-likeness (QED) is 0.880. The second kappa shape index (κ2) is 8.26. The van der Waals surface area contributed by atoms with E-state index in [0.717, 1.165) is 48.7 Å². The number of aryl methyl sites for hydroxylation is 1. The van der Waals surface area contributed by atoms with Gasteiger partial charge in [0.2, 0.25) is 0 Å². The molecule has 1 saturated carbocycles. The summed E-state index contributed by atoms with van der Waals surface area (Å²) < 4.78 is 1.83. The fraction of sp³-hybridized carbons (Fsp3) is 0.545. The first-order valence-corrected chi connectivity index (χ1v) is 10.3. The van der Waals surface area contributed by atoms with E-state index in [1.54, 1.807) is 0 Å². The van der Waals surface area contributed by atoms with Gasteiger partial charge >= 0.3 is 0 Å². The van der Waals surface area contributed by atoms with E-state index >= 15 is 0 Å². The zero-order valence-electron chi connectivity index (χ0n) is 16.2. The molecule has 4 rings (SSSR count). The van der Waals surface area contributed by atoms with Crippen molar-refractivity contribution in [3.05, 3.63) is 47.8 Å². The molecular weight excluding hydrogens is 336 g/mol. The minimum absolute atomic E-state index is 0.0347. The fourth-order valence-corrected chi connectivity index (χ4v) is 4.41. The average Bonchev–Trinajstić information content (AvgIpc) is 3.35. The van der Waals surface area contributed by atoms with Gasteiger partial charge in [0, 0.05) is 37.4 Å². The molecule has 2 heterocycles. The molecule has 2 fully saturated rings. The Morgan fingerprint density at radius 1 is 1.11 bits per heavy atom. The van der Waals surface area contributed by atoms with Crippen LogP contribution in [0.25, 0.3) is 5.69 Å². The predicted octanol–water partition coefficient (Wildman–Crippen LogP) is 3.57. The summed E-state index contributed by atoms with van der Waals surface area (Å²) >= 11 is 0. The third kappa shape index (κ3) is 4.59. The van der Waals surface area contributed by atoms with Gasteiger partial charge in [-0.2, -0.15) is 5.10 Å². The number of aromatic nitrogens is 2. The minimum atomic E-state index is 0.0347. The van der Waals surface area contributed by atoms with Gasteiger partial charge in [0.05, 0.1) is 11.9 Å². The highest BCUT2D eigenvalue weighted by atomic mass is 16.1. The Labute approximate surface area is 161 Å². The molecule has 1 aliphatic heterocycles. The van der Waals surface area contributed by atoms with Crippen molar-refractivity contribution < 1.29 is 4.79 Å². The molecule has 5 nitrogen and oxygen atoms in total. The van der Waals surface area contributed by atoms with Gasteiger partial charge in [0.1, 0.15) is 0 Å². The van der Waals surface area contributed by atoms with Crippen LogP contribution in [0.1, 0.15) is 54.4 Å². The molecule has 1 N–H and O–H groups in total. The molecule has 0 atom stereocenters. The van der Waals surface area contributed by atoms with E-state index in [9.17, 15) is 4.79 Å². The number of rotatable bonds is 5. The van der Waals surface area contributed by atoms with Crippen LogP contribution in [0.5, 0.6) is 0 Å². The molecule has 0 bridgehead atoms. The topological polar surface area (TPSA) is 50.2 Å². The molecular formula is C22H30N4O. The Morgan fingerprint density at radius 3 is 2.44 bits per heavy atom. The van der Waals surface area contributed by atoms with Crippen LogP contribution >= 0.6 is 0 Å². The highest BCUT2D eigenvalue weighted by molar-refractivity contribution is 5.94. The van der Waals surface area contributed by atoms with Crippen molar-refractivity contribution >= 4 is 5.91 Å². The number of nitrogens with zero attached hydrogens (tertiary/aromatic N) is 3. The molecule has 0 spiro atoms. The summed E-state index contributed by atoms with van der Waals surface area (Å²) in [6, 6.07) is 7.97. The first kappa shape index (κ1) is 18.2. The summed E-state index contributed by atoms with van der Waals surface area (Å²) in [5.41, 5.74) is 2.81. The summed E-state index contributed by atoms with van der Waals surface area (Å²) in [5.74, 6) is 0.945. The first-order valence-electron chi connectivity index (χ1n) is 10.3. The first-order chi connectivity index (χ1) is 13.2. The highest BCUT2D eigenvalue weighted by Gasteiger charge is 2.24. The lowest BCUT2D eigenvalue weighted by Crippen LogP contribution is -2.45. The van der Waals surface area contributed by atoms with Crippen LogP contribution < -0.4 is 5.32 Å². The molecule has 5 heteroatoms. The van der Waals surface area contributed by atoms with Gasteiger partial charge in [-0.15, -0.1) is 0 Å². The van der Waals surface area contributed by atoms with E-state index in [1.807, 2.05) is 48.3 Å². The average molecular weight is 367 g/mol. The number of hydrogen-bond donors (Lipinski definition) is 1. The molecule has 0 radical (unpaired) electrons. The van der Waals surface area contributed by atoms with Crippen molar-refractivity contribution in [1.29, 1.82) is 0 Å². The monoisotopic (exact) mass is 366 g/mol. The van der Waals surface area contributed by atoms with Crippen molar-refractivity contribution in [2.24, 2.45) is 5.92 Å². The van der Waals surface area contributed by atoms with Gasteiger partial charge in [-0.05, 0) is 68.4 Å². The maximum Gasteiger partial charge on any atom is 0.251 e. The normalized spacial score (nSPS) is 19.4. The number of hydrogen-bond acceptors (Lipinski definition) is 3. The van der Waals surface area contributed by atoms with E-state index in [1.165, 1.54) is 32.2 Å². The van der Waals surface area contributed by atoms with Crippen LogP contribution in [0.4, 0.5) is 0 Å². The van der Waals surface area contributed by atoms with Crippen LogP contribution in [0, 0.1) is 12.8 Å². The third-order valence-corrected chi connectivity index (χ3v) is 6.02. The largest absolute Gasteiger partial charge is 0.349 e. The molecule has 1 aliphatic carbocycles. The molecule has 2 aromatic rings. The molecule has 2 aliphatic rings. The molecule has 144 valence electrons. The summed E-state index contributed by atoms with van der Waals surface area (Å²) in [7, 11) is 0. The lowest BCUT2D eigenvalue weighted by Gasteiger charge is -2.33. The van der Waals surface area contributed by atoms with E-state index < -0.39 is 0 Å². The second-order valence-corrected chi connectivity index (χ2v) is 8.21. The Balaban J connectivity index is 1.26. The van der Waals surface area contributed by atoms with E-state index in [-0.39, 0.29) is 5.91 Å². The van der Waals surface area contributed by atoms with Gasteiger partial charge in [-0.25, -0.2) is 4.68 Å². The van der Waals surface area contributed by atoms with Gasteiger partial charge in [0.25, 0.3) is 5.91 Å². The van der Waals surface area contributed by atoms with Crippen LogP contribution in [-0.2, 0) is 0 Å². The van der Waals surface area contributed by atoms with Crippen LogP contribution in [0.15, 0.2) is 36.7 Å². The predicted molar refractivity (Wildman–Crippen MR) is 107 cm³/mol. The number of piperidine rings is 1. The third-order valence-electron chi connectivity index (χ3n) is 6.02. The number of likely N-dealkylation sites (tertiary alicyclic amines) is 1. The van der Waals surface area contributed by atoms with Gasteiger partial charge in [0.15, 0.2) is 0 Å². The molecule has 27 heavy (non-hydrogen) atoms. The summed E-state index contributed by atoms with van der Waals surface area (Å²) in [4.78, 5) is 15.2. The number of benzene rings is 1. The molecule has 1 saturated heterocycles. The number of carbonyl (C=O) groups excluding carboxylic acids is 1. The molecule has 1 aromatic carbocycles. The number of carbonyl (C=O) groups is 1. The molecule has 1 amide bonds. The van der Waals surface area contributed by atoms with E-state index in [0.29, 0.717) is 6.04 Å². The molecule has 0 unspecified atom stereocenters.